The zero-order valence-electron chi connectivity index (χ0n) is 17.0. The monoisotopic (exact) mass is 406 g/mol. The van der Waals surface area contributed by atoms with Crippen molar-refractivity contribution < 1.29 is 23.7 Å². The molecule has 29 heavy (non-hydrogen) atoms. The summed E-state index contributed by atoms with van der Waals surface area (Å²) < 4.78 is 27.0. The van der Waals surface area contributed by atoms with Crippen molar-refractivity contribution in [1.29, 1.82) is 0 Å². The normalized spacial score (nSPS) is 31.9. The van der Waals surface area contributed by atoms with Gasteiger partial charge in [-0.2, -0.15) is 0 Å². The highest BCUT2D eigenvalue weighted by Crippen LogP contribution is 2.55. The number of hydrogen-bond acceptors (Lipinski definition) is 2. The Hall–Kier alpha value is -2.02. The molecule has 5 rings (SSSR count). The minimum absolute atomic E-state index is 0.156. The molecule has 0 aliphatic heterocycles. The minimum Gasteiger partial charge on any atom is -0.332 e. The van der Waals surface area contributed by atoms with E-state index >= 15 is 0 Å². The molecule has 4 saturated carbocycles. The molecule has 4 aliphatic rings. The molecule has 0 aromatic heterocycles. The van der Waals surface area contributed by atoms with E-state index in [1.54, 1.807) is 19.2 Å². The van der Waals surface area contributed by atoms with E-state index in [4.69, 9.17) is 0 Å². The summed E-state index contributed by atoms with van der Waals surface area (Å²) in [6.07, 6.45) is 6.90. The summed E-state index contributed by atoms with van der Waals surface area (Å²) in [4.78, 5) is 25.0. The Labute approximate surface area is 170 Å². The zero-order valence-corrected chi connectivity index (χ0v) is 17.0. The Balaban J connectivity index is 1.31. The average molecular weight is 406 g/mol. The van der Waals surface area contributed by atoms with Crippen LogP contribution in [0, 0.1) is 29.4 Å². The van der Waals surface area contributed by atoms with Crippen LogP contribution in [0.3, 0.4) is 0 Å². The fraction of sp³-hybridized carbons (Fsp3) is 0.636. The third-order valence-corrected chi connectivity index (χ3v) is 7.10. The molecule has 4 aliphatic carbocycles. The molecule has 7 heteroatoms. The number of nitrogens with two attached hydrogens (primary N) is 1. The maximum atomic E-state index is 14.0. The molecule has 4 bridgehead atoms. The summed E-state index contributed by atoms with van der Waals surface area (Å²) in [5.74, 6) is 0.427. The molecule has 2 atom stereocenters. The van der Waals surface area contributed by atoms with Crippen molar-refractivity contribution >= 4 is 11.9 Å². The van der Waals surface area contributed by atoms with Crippen LogP contribution in [-0.4, -0.2) is 23.5 Å². The largest absolute Gasteiger partial charge is 0.332 e. The molecule has 158 valence electrons. The predicted octanol–water partition coefficient (Wildman–Crippen LogP) is 2.77. The van der Waals surface area contributed by atoms with Gasteiger partial charge in [0.15, 0.2) is 6.04 Å². The van der Waals surface area contributed by atoms with E-state index in [9.17, 15) is 18.4 Å². The highest BCUT2D eigenvalue weighted by Gasteiger charge is 2.51. The molecule has 0 saturated heterocycles. The lowest BCUT2D eigenvalue weighted by atomic mass is 9.53. The molecule has 0 spiro atoms. The van der Waals surface area contributed by atoms with Gasteiger partial charge in [-0.1, -0.05) is 0 Å². The lowest BCUT2D eigenvalue weighted by Gasteiger charge is -2.56. The summed E-state index contributed by atoms with van der Waals surface area (Å²) in [5, 5.41) is 7.26. The first kappa shape index (κ1) is 20.3. The van der Waals surface area contributed by atoms with Gasteiger partial charge in [-0.3, -0.25) is 10.1 Å². The first-order valence-corrected chi connectivity index (χ1v) is 10.7. The number of hydrogen-bond donors (Lipinski definition) is 3. The molecule has 4 fully saturated rings. The third-order valence-electron chi connectivity index (χ3n) is 7.10. The van der Waals surface area contributed by atoms with Crippen LogP contribution in [0.4, 0.5) is 13.6 Å². The van der Waals surface area contributed by atoms with Gasteiger partial charge in [-0.05, 0) is 82.3 Å². The van der Waals surface area contributed by atoms with Crippen LogP contribution in [0.2, 0.25) is 0 Å². The summed E-state index contributed by atoms with van der Waals surface area (Å²) in [6, 6.07) is 2.02. The number of carbonyl (C=O) groups is 2. The number of urea groups is 1. The van der Waals surface area contributed by atoms with Gasteiger partial charge in [0, 0.05) is 17.2 Å². The highest BCUT2D eigenvalue weighted by atomic mass is 19.1. The first-order valence-electron chi connectivity index (χ1n) is 10.7. The van der Waals surface area contributed by atoms with Crippen LogP contribution < -0.4 is 16.0 Å². The number of imide groups is 1. The zero-order chi connectivity index (χ0) is 20.8. The van der Waals surface area contributed by atoms with Crippen molar-refractivity contribution in [1.82, 2.24) is 10.6 Å². The number of halogens is 2. The lowest BCUT2D eigenvalue weighted by molar-refractivity contribution is -0.710. The highest BCUT2D eigenvalue weighted by molar-refractivity contribution is 5.96. The minimum atomic E-state index is -0.638. The fourth-order valence-electron chi connectivity index (χ4n) is 6.26. The van der Waals surface area contributed by atoms with Gasteiger partial charge < -0.3 is 10.6 Å². The van der Waals surface area contributed by atoms with E-state index in [1.807, 2.05) is 0 Å². The van der Waals surface area contributed by atoms with E-state index in [1.165, 1.54) is 31.4 Å². The van der Waals surface area contributed by atoms with Crippen LogP contribution in [0.25, 0.3) is 0 Å². The Kier molecular flexibility index (Phi) is 5.36. The maximum absolute atomic E-state index is 14.0. The molecule has 0 unspecified atom stereocenters. The Morgan fingerprint density at radius 2 is 1.66 bits per heavy atom. The van der Waals surface area contributed by atoms with Crippen molar-refractivity contribution in [3.63, 3.8) is 0 Å². The van der Waals surface area contributed by atoms with Crippen LogP contribution in [0.1, 0.15) is 64.0 Å². The molecule has 1 aromatic rings. The summed E-state index contributed by atoms with van der Waals surface area (Å²) in [6.45, 7) is 3.42. The molecule has 5 nitrogen and oxygen atoms in total. The summed E-state index contributed by atoms with van der Waals surface area (Å²) in [5.41, 5.74) is 0.167. The van der Waals surface area contributed by atoms with Crippen LogP contribution >= 0.6 is 0 Å². The summed E-state index contributed by atoms with van der Waals surface area (Å²) in [7, 11) is 0. The van der Waals surface area contributed by atoms with Crippen LogP contribution in [0.15, 0.2) is 18.2 Å². The first-order chi connectivity index (χ1) is 13.7. The lowest BCUT2D eigenvalue weighted by Crippen LogP contribution is -2.92. The van der Waals surface area contributed by atoms with E-state index < -0.39 is 29.6 Å². The Morgan fingerprint density at radius 3 is 2.21 bits per heavy atom. The second kappa shape index (κ2) is 7.67. The SMILES string of the molecule is C[C@H]([NH2+][C@@H](C)c1ccc(F)cc1F)C(=O)NC(=O)NC12CC3CC(CC(C3)C1)C2. The van der Waals surface area contributed by atoms with Gasteiger partial charge in [-0.15, -0.1) is 0 Å². The van der Waals surface area contributed by atoms with E-state index in [0.717, 1.165) is 25.3 Å². The van der Waals surface area contributed by atoms with Gasteiger partial charge >= 0.3 is 6.03 Å². The van der Waals surface area contributed by atoms with Crippen molar-refractivity contribution in [3.8, 4) is 0 Å². The molecule has 3 amide bonds. The van der Waals surface area contributed by atoms with Crippen LogP contribution in [0.5, 0.6) is 0 Å². The standard InChI is InChI=1S/C22H29F2N3O2/c1-12(18-4-3-17(23)8-19(18)24)25-13(2)20(28)26-21(29)27-22-9-14-5-15(10-22)7-16(6-14)11-22/h3-4,8,12-16,25H,5-7,9-11H2,1-2H3,(H2,26,27,28,29)/p+1/t12-,13-,14?,15?,16?,22?/m0/s1. The fourth-order valence-corrected chi connectivity index (χ4v) is 6.26. The van der Waals surface area contributed by atoms with Crippen molar-refractivity contribution in [3.05, 3.63) is 35.4 Å². The smallest absolute Gasteiger partial charge is 0.322 e. The Morgan fingerprint density at radius 1 is 1.07 bits per heavy atom. The topological polar surface area (TPSA) is 74.8 Å². The molecular formula is C22H30F2N3O2+. The number of quaternary nitrogens is 1. The molecular weight excluding hydrogens is 376 g/mol. The summed E-state index contributed by atoms with van der Waals surface area (Å²) >= 11 is 0. The number of carbonyl (C=O) groups excluding carboxylic acids is 2. The maximum Gasteiger partial charge on any atom is 0.322 e. The second-order valence-corrected chi connectivity index (χ2v) is 9.58. The second-order valence-electron chi connectivity index (χ2n) is 9.58. The predicted molar refractivity (Wildman–Crippen MR) is 104 cm³/mol. The van der Waals surface area contributed by atoms with Crippen molar-refractivity contribution in [2.75, 3.05) is 0 Å². The number of amides is 3. The number of rotatable bonds is 5. The van der Waals surface area contributed by atoms with Crippen molar-refractivity contribution in [2.24, 2.45) is 17.8 Å². The van der Waals surface area contributed by atoms with Crippen LogP contribution in [-0.2, 0) is 4.79 Å². The van der Waals surface area contributed by atoms with Gasteiger partial charge in [0.25, 0.3) is 5.91 Å². The average Bonchev–Trinajstić information content (AvgIpc) is 2.59. The molecule has 1 aromatic carbocycles. The molecule has 4 N–H and O–H groups in total. The Bertz CT molecular complexity index is 778. The van der Waals surface area contributed by atoms with Crippen molar-refractivity contribution in [2.45, 2.75) is 70.0 Å². The van der Waals surface area contributed by atoms with E-state index in [2.05, 4.69) is 10.6 Å². The van der Waals surface area contributed by atoms with E-state index in [-0.39, 0.29) is 11.6 Å². The quantitative estimate of drug-likeness (QED) is 0.703. The van der Waals surface area contributed by atoms with Gasteiger partial charge in [0.1, 0.15) is 17.7 Å². The molecule has 0 heterocycles. The van der Waals surface area contributed by atoms with E-state index in [0.29, 0.717) is 23.3 Å². The number of nitrogens with one attached hydrogen (secondary N) is 2. The van der Waals surface area contributed by atoms with Gasteiger partial charge in [-0.25, -0.2) is 13.6 Å². The third kappa shape index (κ3) is 4.29. The van der Waals surface area contributed by atoms with Gasteiger partial charge in [0.2, 0.25) is 0 Å². The number of benzene rings is 1. The van der Waals surface area contributed by atoms with Gasteiger partial charge in [0.05, 0.1) is 0 Å². The molecule has 0 radical (unpaired) electrons.